The average Bonchev–Trinajstić information content (AvgIpc) is 3.02. The maximum atomic E-state index is 9.67. The average molecular weight is 463 g/mol. The number of hydrogen-bond acceptors (Lipinski definition) is 5. The van der Waals surface area contributed by atoms with Crippen LogP contribution in [-0.2, 0) is 19.3 Å². The van der Waals surface area contributed by atoms with Crippen LogP contribution in [0.4, 0.5) is 5.69 Å². The zero-order chi connectivity index (χ0) is 24.2. The van der Waals surface area contributed by atoms with E-state index in [1.807, 2.05) is 42.5 Å². The summed E-state index contributed by atoms with van der Waals surface area (Å²) in [6, 6.07) is 27.9. The molecule has 0 radical (unpaired) electrons. The summed E-state index contributed by atoms with van der Waals surface area (Å²) in [5.41, 5.74) is 7.35. The number of hydrogen-bond donors (Lipinski definition) is 4. The Morgan fingerprint density at radius 2 is 1.09 bits per heavy atom. The Labute approximate surface area is 204 Å². The highest BCUT2D eigenvalue weighted by atomic mass is 16.3. The topological polar surface area (TPSA) is 85.1 Å². The Bertz CT molecular complexity index is 1390. The molecule has 0 aliphatic carbocycles. The lowest BCUT2D eigenvalue weighted by Gasteiger charge is -2.14. The standard InChI is InChI=1S/C30H26N2O3/c33-25-10-4-20(5-11-25)16-23-2-1-3-29-28(23)19-24(17-21-6-12-26(34)13-7-21)31-30(32-29)18-22-8-14-27(35)15-9-22/h1-15,19,33-35H,16-18H2,(H,31,32). The highest BCUT2D eigenvalue weighted by molar-refractivity contribution is 6.01. The summed E-state index contributed by atoms with van der Waals surface area (Å²) < 4.78 is 0. The SMILES string of the molecule is Oc1ccc(CC2=Cc3c(Cc4ccc(O)cc4)cccc3NC(Cc3ccc(O)cc3)=N2)cc1. The van der Waals surface area contributed by atoms with Crippen LogP contribution in [0.2, 0.25) is 0 Å². The monoisotopic (exact) mass is 462 g/mol. The number of nitrogens with zero attached hydrogens (tertiary/aromatic N) is 1. The molecule has 0 fully saturated rings. The zero-order valence-electron chi connectivity index (χ0n) is 19.1. The second-order valence-electron chi connectivity index (χ2n) is 8.73. The van der Waals surface area contributed by atoms with E-state index >= 15 is 0 Å². The molecule has 35 heavy (non-hydrogen) atoms. The number of phenols is 3. The molecule has 1 aliphatic heterocycles. The van der Waals surface area contributed by atoms with E-state index in [1.54, 1.807) is 36.4 Å². The molecule has 0 bridgehead atoms. The van der Waals surface area contributed by atoms with Crippen LogP contribution in [0.25, 0.3) is 6.08 Å². The number of fused-ring (bicyclic) bond motifs is 1. The molecule has 174 valence electrons. The molecule has 5 nitrogen and oxygen atoms in total. The molecule has 1 heterocycles. The number of allylic oxidation sites excluding steroid dienone is 1. The van der Waals surface area contributed by atoms with Gasteiger partial charge < -0.3 is 20.6 Å². The van der Waals surface area contributed by atoms with E-state index in [4.69, 9.17) is 4.99 Å². The number of benzene rings is 4. The first-order chi connectivity index (χ1) is 17.0. The summed E-state index contributed by atoms with van der Waals surface area (Å²) >= 11 is 0. The molecular formula is C30H26N2O3. The number of nitrogens with one attached hydrogen (secondary N) is 1. The maximum absolute atomic E-state index is 9.67. The summed E-state index contributed by atoms with van der Waals surface area (Å²) in [4.78, 5) is 4.99. The normalized spacial score (nSPS) is 12.7. The van der Waals surface area contributed by atoms with E-state index in [-0.39, 0.29) is 17.2 Å². The summed E-state index contributed by atoms with van der Waals surface area (Å²) in [6.45, 7) is 0. The van der Waals surface area contributed by atoms with Gasteiger partial charge in [0, 0.05) is 29.8 Å². The molecule has 0 spiro atoms. The molecule has 5 heteroatoms. The van der Waals surface area contributed by atoms with Crippen LogP contribution in [0.15, 0.2) is 102 Å². The van der Waals surface area contributed by atoms with Gasteiger partial charge in [0.15, 0.2) is 0 Å². The van der Waals surface area contributed by atoms with Crippen molar-refractivity contribution in [2.24, 2.45) is 4.99 Å². The van der Waals surface area contributed by atoms with Crippen molar-refractivity contribution in [3.63, 3.8) is 0 Å². The van der Waals surface area contributed by atoms with Gasteiger partial charge in [0.1, 0.15) is 23.1 Å². The van der Waals surface area contributed by atoms with Crippen LogP contribution < -0.4 is 5.32 Å². The van der Waals surface area contributed by atoms with E-state index in [9.17, 15) is 15.3 Å². The van der Waals surface area contributed by atoms with Gasteiger partial charge in [-0.1, -0.05) is 48.5 Å². The highest BCUT2D eigenvalue weighted by Gasteiger charge is 2.16. The van der Waals surface area contributed by atoms with Crippen molar-refractivity contribution in [2.45, 2.75) is 19.3 Å². The lowest BCUT2D eigenvalue weighted by molar-refractivity contribution is 0.474. The van der Waals surface area contributed by atoms with Gasteiger partial charge in [0.2, 0.25) is 0 Å². The molecule has 0 atom stereocenters. The van der Waals surface area contributed by atoms with Crippen LogP contribution in [-0.4, -0.2) is 21.2 Å². The van der Waals surface area contributed by atoms with Gasteiger partial charge in [0.25, 0.3) is 0 Å². The van der Waals surface area contributed by atoms with Crippen molar-refractivity contribution in [1.82, 2.24) is 0 Å². The van der Waals surface area contributed by atoms with E-state index in [2.05, 4.69) is 23.5 Å². The molecule has 0 saturated heterocycles. The number of aliphatic imine (C=N–C) groups is 1. The fourth-order valence-electron chi connectivity index (χ4n) is 4.24. The molecule has 1 aliphatic rings. The largest absolute Gasteiger partial charge is 0.508 e. The summed E-state index contributed by atoms with van der Waals surface area (Å²) in [5, 5.41) is 32.5. The molecule has 0 aromatic heterocycles. The first-order valence-corrected chi connectivity index (χ1v) is 11.5. The number of aromatic hydroxyl groups is 3. The van der Waals surface area contributed by atoms with Gasteiger partial charge in [-0.3, -0.25) is 0 Å². The number of phenolic OH excluding ortho intramolecular Hbond substituents is 3. The van der Waals surface area contributed by atoms with Crippen LogP contribution >= 0.6 is 0 Å². The van der Waals surface area contributed by atoms with E-state index < -0.39 is 0 Å². The van der Waals surface area contributed by atoms with Crippen LogP contribution in [0.5, 0.6) is 17.2 Å². The van der Waals surface area contributed by atoms with E-state index in [1.165, 1.54) is 0 Å². The molecular weight excluding hydrogens is 436 g/mol. The third-order valence-corrected chi connectivity index (χ3v) is 6.03. The minimum Gasteiger partial charge on any atom is -0.508 e. The first-order valence-electron chi connectivity index (χ1n) is 11.5. The Hall–Kier alpha value is -4.51. The van der Waals surface area contributed by atoms with Crippen molar-refractivity contribution in [2.75, 3.05) is 5.32 Å². The Morgan fingerprint density at radius 3 is 1.66 bits per heavy atom. The Kier molecular flexibility index (Phi) is 6.22. The fraction of sp³-hybridized carbons (Fsp3) is 0.100. The van der Waals surface area contributed by atoms with Crippen molar-refractivity contribution < 1.29 is 15.3 Å². The third-order valence-electron chi connectivity index (χ3n) is 6.03. The van der Waals surface area contributed by atoms with Gasteiger partial charge in [-0.2, -0.15) is 0 Å². The van der Waals surface area contributed by atoms with Crippen LogP contribution in [0.1, 0.15) is 27.8 Å². The van der Waals surface area contributed by atoms with Crippen molar-refractivity contribution in [3.05, 3.63) is 125 Å². The van der Waals surface area contributed by atoms with Crippen LogP contribution in [0.3, 0.4) is 0 Å². The molecule has 4 N–H and O–H groups in total. The minimum atomic E-state index is 0.238. The van der Waals surface area contributed by atoms with Gasteiger partial charge >= 0.3 is 0 Å². The quantitative estimate of drug-likeness (QED) is 0.281. The summed E-state index contributed by atoms with van der Waals surface area (Å²) in [5.74, 6) is 1.55. The molecule has 5 rings (SSSR count). The van der Waals surface area contributed by atoms with Gasteiger partial charge in [-0.25, -0.2) is 4.99 Å². The van der Waals surface area contributed by atoms with Crippen molar-refractivity contribution in [1.29, 1.82) is 0 Å². The second-order valence-corrected chi connectivity index (χ2v) is 8.73. The predicted molar refractivity (Wildman–Crippen MR) is 140 cm³/mol. The molecule has 0 unspecified atom stereocenters. The molecule has 0 saturated carbocycles. The fourth-order valence-corrected chi connectivity index (χ4v) is 4.24. The summed E-state index contributed by atoms with van der Waals surface area (Å²) in [6.07, 6.45) is 4.07. The second kappa shape index (κ2) is 9.77. The van der Waals surface area contributed by atoms with Crippen molar-refractivity contribution in [3.8, 4) is 17.2 Å². The molecule has 4 aromatic rings. The zero-order valence-corrected chi connectivity index (χ0v) is 19.1. The number of anilines is 1. The van der Waals surface area contributed by atoms with E-state index in [0.29, 0.717) is 12.8 Å². The van der Waals surface area contributed by atoms with Gasteiger partial charge in [-0.05, 0) is 77.2 Å². The van der Waals surface area contributed by atoms with Gasteiger partial charge in [-0.15, -0.1) is 0 Å². The predicted octanol–water partition coefficient (Wildman–Crippen LogP) is 6.04. The first kappa shape index (κ1) is 22.3. The van der Waals surface area contributed by atoms with Crippen LogP contribution in [0, 0.1) is 0 Å². The van der Waals surface area contributed by atoms with Gasteiger partial charge in [0.05, 0.1) is 0 Å². The number of amidine groups is 1. The molecule has 0 amide bonds. The van der Waals surface area contributed by atoms with Crippen molar-refractivity contribution >= 4 is 17.6 Å². The van der Waals surface area contributed by atoms with E-state index in [0.717, 1.165) is 51.5 Å². The highest BCUT2D eigenvalue weighted by Crippen LogP contribution is 2.30. The third kappa shape index (κ3) is 5.53. The molecule has 4 aromatic carbocycles. The Morgan fingerprint density at radius 1 is 0.571 bits per heavy atom. The lowest BCUT2D eigenvalue weighted by Crippen LogP contribution is -2.15. The number of rotatable bonds is 6. The summed E-state index contributed by atoms with van der Waals surface area (Å²) in [7, 11) is 0. The smallest absolute Gasteiger partial charge is 0.115 e. The Balaban J connectivity index is 1.52. The maximum Gasteiger partial charge on any atom is 0.115 e. The lowest BCUT2D eigenvalue weighted by atomic mass is 9.96. The minimum absolute atomic E-state index is 0.238.